The fourth-order valence-corrected chi connectivity index (χ4v) is 3.01. The second kappa shape index (κ2) is 3.42. The van der Waals surface area contributed by atoms with Gasteiger partial charge in [0.15, 0.2) is 11.5 Å². The predicted molar refractivity (Wildman–Crippen MR) is 69.9 cm³/mol. The number of ether oxygens (including phenoxy) is 2. The molecule has 96 valence electrons. The molecule has 0 bridgehead atoms. The lowest BCUT2D eigenvalue weighted by molar-refractivity contribution is 0.150. The normalized spacial score (nSPS) is 25.7. The first-order valence-electron chi connectivity index (χ1n) is 6.42. The van der Waals surface area contributed by atoms with E-state index in [1.54, 1.807) is 0 Å². The highest BCUT2D eigenvalue weighted by molar-refractivity contribution is 9.10. The standard InChI is InChI=1S/C14H15BrO3/c15-10-5-9(14(16)3-4-14)6-11-12(10)18-8-13(1-2-13)7-17-11/h5-6,16H,1-4,7-8H2. The molecule has 2 fully saturated rings. The van der Waals surface area contributed by atoms with Gasteiger partial charge in [-0.25, -0.2) is 0 Å². The number of fused-ring (bicyclic) bond motifs is 1. The molecule has 0 unspecified atom stereocenters. The molecule has 1 aliphatic heterocycles. The third-order valence-corrected chi connectivity index (χ3v) is 4.87. The largest absolute Gasteiger partial charge is 0.489 e. The smallest absolute Gasteiger partial charge is 0.175 e. The van der Waals surface area contributed by atoms with E-state index in [9.17, 15) is 5.11 Å². The van der Waals surface area contributed by atoms with Crippen LogP contribution in [0.5, 0.6) is 11.5 Å². The molecule has 0 aromatic heterocycles. The monoisotopic (exact) mass is 310 g/mol. The Balaban J connectivity index is 1.73. The summed E-state index contributed by atoms with van der Waals surface area (Å²) in [6.07, 6.45) is 4.05. The van der Waals surface area contributed by atoms with Crippen LogP contribution in [-0.4, -0.2) is 18.3 Å². The highest BCUT2D eigenvalue weighted by Crippen LogP contribution is 2.53. The molecule has 0 atom stereocenters. The van der Waals surface area contributed by atoms with E-state index < -0.39 is 5.60 Å². The molecule has 3 nitrogen and oxygen atoms in total. The van der Waals surface area contributed by atoms with Crippen LogP contribution >= 0.6 is 15.9 Å². The lowest BCUT2D eigenvalue weighted by atomic mass is 10.1. The lowest BCUT2D eigenvalue weighted by Crippen LogP contribution is -2.17. The van der Waals surface area contributed by atoms with Crippen LogP contribution in [0.4, 0.5) is 0 Å². The van der Waals surface area contributed by atoms with E-state index in [2.05, 4.69) is 15.9 Å². The van der Waals surface area contributed by atoms with Crippen LogP contribution in [0.2, 0.25) is 0 Å². The van der Waals surface area contributed by atoms with Crippen LogP contribution < -0.4 is 9.47 Å². The molecule has 2 saturated carbocycles. The second-order valence-corrected chi connectivity index (χ2v) is 6.75. The quantitative estimate of drug-likeness (QED) is 0.866. The van der Waals surface area contributed by atoms with Crippen LogP contribution in [0, 0.1) is 5.41 Å². The molecule has 1 spiro atoms. The van der Waals surface area contributed by atoms with Gasteiger partial charge in [-0.15, -0.1) is 0 Å². The summed E-state index contributed by atoms with van der Waals surface area (Å²) in [6.45, 7) is 1.47. The zero-order valence-corrected chi connectivity index (χ0v) is 11.6. The summed E-state index contributed by atoms with van der Waals surface area (Å²) in [5.74, 6) is 1.55. The lowest BCUT2D eigenvalue weighted by Gasteiger charge is -2.14. The van der Waals surface area contributed by atoms with Gasteiger partial charge >= 0.3 is 0 Å². The number of halogens is 1. The molecule has 1 aromatic carbocycles. The molecule has 2 aliphatic carbocycles. The highest BCUT2D eigenvalue weighted by Gasteiger charge is 2.47. The molecule has 1 aromatic rings. The number of hydrogen-bond donors (Lipinski definition) is 1. The molecule has 1 N–H and O–H groups in total. The third-order valence-electron chi connectivity index (χ3n) is 4.28. The van der Waals surface area contributed by atoms with Crippen molar-refractivity contribution in [1.29, 1.82) is 0 Å². The second-order valence-electron chi connectivity index (χ2n) is 5.89. The summed E-state index contributed by atoms with van der Waals surface area (Å²) in [5, 5.41) is 10.2. The average molecular weight is 311 g/mol. The van der Waals surface area contributed by atoms with Crippen molar-refractivity contribution in [1.82, 2.24) is 0 Å². The molecule has 4 heteroatoms. The summed E-state index contributed by atoms with van der Waals surface area (Å²) in [7, 11) is 0. The minimum Gasteiger partial charge on any atom is -0.489 e. The molecular weight excluding hydrogens is 296 g/mol. The van der Waals surface area contributed by atoms with E-state index in [1.807, 2.05) is 12.1 Å². The Labute approximate surface area is 114 Å². The fraction of sp³-hybridized carbons (Fsp3) is 0.571. The van der Waals surface area contributed by atoms with E-state index in [0.717, 1.165) is 47.6 Å². The maximum absolute atomic E-state index is 10.2. The zero-order chi connectivity index (χ0) is 12.4. The molecule has 0 amide bonds. The van der Waals surface area contributed by atoms with Gasteiger partial charge in [0.05, 0.1) is 23.3 Å². The van der Waals surface area contributed by atoms with Crippen molar-refractivity contribution >= 4 is 15.9 Å². The Hall–Kier alpha value is -0.740. The van der Waals surface area contributed by atoms with E-state index in [-0.39, 0.29) is 5.41 Å². The number of rotatable bonds is 1. The molecule has 0 radical (unpaired) electrons. The van der Waals surface area contributed by atoms with Crippen LogP contribution in [0.3, 0.4) is 0 Å². The van der Waals surface area contributed by atoms with Crippen molar-refractivity contribution in [2.45, 2.75) is 31.3 Å². The summed E-state index contributed by atoms with van der Waals surface area (Å²) >= 11 is 3.53. The summed E-state index contributed by atoms with van der Waals surface area (Å²) in [6, 6.07) is 3.90. The van der Waals surface area contributed by atoms with Gasteiger partial charge in [0.1, 0.15) is 0 Å². The van der Waals surface area contributed by atoms with Crippen molar-refractivity contribution in [3.05, 3.63) is 22.2 Å². The van der Waals surface area contributed by atoms with Crippen molar-refractivity contribution in [2.24, 2.45) is 5.41 Å². The van der Waals surface area contributed by atoms with Crippen molar-refractivity contribution < 1.29 is 14.6 Å². The zero-order valence-electron chi connectivity index (χ0n) is 10.0. The predicted octanol–water partition coefficient (Wildman–Crippen LogP) is 2.98. The van der Waals surface area contributed by atoms with E-state index in [4.69, 9.17) is 9.47 Å². The Morgan fingerprint density at radius 1 is 1.06 bits per heavy atom. The van der Waals surface area contributed by atoms with E-state index in [0.29, 0.717) is 0 Å². The third kappa shape index (κ3) is 1.66. The van der Waals surface area contributed by atoms with Gasteiger partial charge in [-0.3, -0.25) is 0 Å². The van der Waals surface area contributed by atoms with Crippen LogP contribution in [-0.2, 0) is 5.60 Å². The Kier molecular flexibility index (Phi) is 2.11. The average Bonchev–Trinajstić information content (AvgIpc) is 3.23. The van der Waals surface area contributed by atoms with Crippen LogP contribution in [0.15, 0.2) is 16.6 Å². The number of benzene rings is 1. The topological polar surface area (TPSA) is 38.7 Å². The molecule has 0 saturated heterocycles. The molecule has 4 rings (SSSR count). The summed E-state index contributed by atoms with van der Waals surface area (Å²) in [5.41, 5.74) is 0.544. The summed E-state index contributed by atoms with van der Waals surface area (Å²) in [4.78, 5) is 0. The molecular formula is C14H15BrO3. The Bertz CT molecular complexity index is 518. The Morgan fingerprint density at radius 2 is 1.78 bits per heavy atom. The van der Waals surface area contributed by atoms with Gasteiger partial charge in [0.25, 0.3) is 0 Å². The van der Waals surface area contributed by atoms with Crippen LogP contribution in [0.25, 0.3) is 0 Å². The number of aliphatic hydroxyl groups is 1. The van der Waals surface area contributed by atoms with Gasteiger partial charge in [-0.05, 0) is 59.3 Å². The first kappa shape index (κ1) is 11.1. The Morgan fingerprint density at radius 3 is 2.44 bits per heavy atom. The van der Waals surface area contributed by atoms with Gasteiger partial charge in [0.2, 0.25) is 0 Å². The molecule has 18 heavy (non-hydrogen) atoms. The number of hydrogen-bond acceptors (Lipinski definition) is 3. The maximum atomic E-state index is 10.2. The van der Waals surface area contributed by atoms with Crippen molar-refractivity contribution in [3.8, 4) is 11.5 Å². The SMILES string of the molecule is OC1(c2cc(Br)c3c(c2)OCC2(CC2)CO3)CC1. The van der Waals surface area contributed by atoms with Crippen molar-refractivity contribution in [2.75, 3.05) is 13.2 Å². The van der Waals surface area contributed by atoms with Gasteiger partial charge in [-0.1, -0.05) is 0 Å². The highest BCUT2D eigenvalue weighted by atomic mass is 79.9. The molecule has 1 heterocycles. The first-order valence-corrected chi connectivity index (χ1v) is 7.22. The maximum Gasteiger partial charge on any atom is 0.175 e. The fourth-order valence-electron chi connectivity index (χ4n) is 2.45. The van der Waals surface area contributed by atoms with Crippen molar-refractivity contribution in [3.63, 3.8) is 0 Å². The van der Waals surface area contributed by atoms with Gasteiger partial charge < -0.3 is 14.6 Å². The summed E-state index contributed by atoms with van der Waals surface area (Å²) < 4.78 is 12.7. The first-order chi connectivity index (χ1) is 8.60. The van der Waals surface area contributed by atoms with E-state index >= 15 is 0 Å². The van der Waals surface area contributed by atoms with Crippen LogP contribution in [0.1, 0.15) is 31.2 Å². The van der Waals surface area contributed by atoms with Gasteiger partial charge in [-0.2, -0.15) is 0 Å². The molecule has 3 aliphatic rings. The minimum atomic E-state index is -0.634. The van der Waals surface area contributed by atoms with E-state index in [1.165, 1.54) is 12.8 Å². The minimum absolute atomic E-state index is 0.245. The van der Waals surface area contributed by atoms with Gasteiger partial charge in [0, 0.05) is 5.41 Å².